The molecule has 0 aliphatic carbocycles. The van der Waals surface area contributed by atoms with Crippen molar-refractivity contribution in [3.63, 3.8) is 0 Å². The van der Waals surface area contributed by atoms with Crippen molar-refractivity contribution >= 4 is 0 Å². The molecule has 0 saturated carbocycles. The lowest BCUT2D eigenvalue weighted by molar-refractivity contribution is 0.270. The van der Waals surface area contributed by atoms with Gasteiger partial charge in [0.2, 0.25) is 0 Å². The second kappa shape index (κ2) is 6.53. The SMILES string of the molecule is C=C(C)CC(C)(C#N)C(C)CCC=C(C)C. The summed E-state index contributed by atoms with van der Waals surface area (Å²) in [6, 6.07) is 2.47. The third-order valence-electron chi connectivity index (χ3n) is 3.16. The van der Waals surface area contributed by atoms with Crippen LogP contribution < -0.4 is 0 Å². The van der Waals surface area contributed by atoms with Crippen LogP contribution in [0.3, 0.4) is 0 Å². The van der Waals surface area contributed by atoms with Crippen molar-refractivity contribution < 1.29 is 0 Å². The molecular weight excluding hydrogens is 194 g/mol. The fourth-order valence-electron chi connectivity index (χ4n) is 1.89. The molecule has 0 radical (unpaired) electrons. The molecule has 1 nitrogen and oxygen atoms in total. The molecule has 16 heavy (non-hydrogen) atoms. The van der Waals surface area contributed by atoms with Gasteiger partial charge in [-0.1, -0.05) is 24.1 Å². The summed E-state index contributed by atoms with van der Waals surface area (Å²) in [7, 11) is 0. The summed E-state index contributed by atoms with van der Waals surface area (Å²) in [5, 5.41) is 9.31. The maximum Gasteiger partial charge on any atom is 0.0693 e. The van der Waals surface area contributed by atoms with Crippen molar-refractivity contribution in [1.82, 2.24) is 0 Å². The van der Waals surface area contributed by atoms with Gasteiger partial charge in [0, 0.05) is 0 Å². The van der Waals surface area contributed by atoms with Gasteiger partial charge in [-0.3, -0.25) is 0 Å². The lowest BCUT2D eigenvalue weighted by Gasteiger charge is -2.29. The maximum atomic E-state index is 9.31. The van der Waals surface area contributed by atoms with Crippen LogP contribution in [0.15, 0.2) is 23.8 Å². The second-order valence-corrected chi connectivity index (χ2v) is 5.42. The summed E-state index contributed by atoms with van der Waals surface area (Å²) < 4.78 is 0. The van der Waals surface area contributed by atoms with Gasteiger partial charge in [-0.2, -0.15) is 5.26 Å². The molecule has 0 aromatic carbocycles. The lowest BCUT2D eigenvalue weighted by Crippen LogP contribution is -2.23. The molecule has 0 saturated heterocycles. The molecule has 0 aliphatic heterocycles. The predicted molar refractivity (Wildman–Crippen MR) is 71.0 cm³/mol. The van der Waals surface area contributed by atoms with Crippen LogP contribution in [0.4, 0.5) is 0 Å². The number of rotatable bonds is 6. The zero-order valence-electron chi connectivity index (χ0n) is 11.4. The van der Waals surface area contributed by atoms with Crippen molar-refractivity contribution in [1.29, 1.82) is 5.26 Å². The van der Waals surface area contributed by atoms with Crippen LogP contribution in [0.25, 0.3) is 0 Å². The van der Waals surface area contributed by atoms with E-state index < -0.39 is 0 Å². The van der Waals surface area contributed by atoms with Gasteiger partial charge in [-0.25, -0.2) is 0 Å². The fourth-order valence-corrected chi connectivity index (χ4v) is 1.89. The monoisotopic (exact) mass is 219 g/mol. The average molecular weight is 219 g/mol. The minimum Gasteiger partial charge on any atom is -0.198 e. The molecule has 0 fully saturated rings. The van der Waals surface area contributed by atoms with Crippen LogP contribution in [0, 0.1) is 22.7 Å². The van der Waals surface area contributed by atoms with Gasteiger partial charge < -0.3 is 0 Å². The number of nitriles is 1. The van der Waals surface area contributed by atoms with Crippen molar-refractivity contribution in [2.24, 2.45) is 11.3 Å². The molecule has 0 spiro atoms. The van der Waals surface area contributed by atoms with E-state index in [1.165, 1.54) is 5.57 Å². The largest absolute Gasteiger partial charge is 0.198 e. The lowest BCUT2D eigenvalue weighted by atomic mass is 9.73. The molecule has 0 aliphatic rings. The number of hydrogen-bond acceptors (Lipinski definition) is 1. The number of nitrogens with zero attached hydrogens (tertiary/aromatic N) is 1. The van der Waals surface area contributed by atoms with E-state index in [-0.39, 0.29) is 5.41 Å². The van der Waals surface area contributed by atoms with E-state index in [4.69, 9.17) is 0 Å². The molecule has 1 heteroatoms. The summed E-state index contributed by atoms with van der Waals surface area (Å²) in [5.74, 6) is 0.407. The van der Waals surface area contributed by atoms with E-state index in [0.717, 1.165) is 24.8 Å². The predicted octanol–water partition coefficient (Wildman–Crippen LogP) is 4.86. The summed E-state index contributed by atoms with van der Waals surface area (Å²) in [6.07, 6.45) is 5.19. The van der Waals surface area contributed by atoms with Gasteiger partial charge in [0.25, 0.3) is 0 Å². The van der Waals surface area contributed by atoms with E-state index in [2.05, 4.69) is 46.4 Å². The third-order valence-corrected chi connectivity index (χ3v) is 3.16. The van der Waals surface area contributed by atoms with Crippen LogP contribution >= 0.6 is 0 Å². The smallest absolute Gasteiger partial charge is 0.0693 e. The molecule has 90 valence electrons. The van der Waals surface area contributed by atoms with E-state index >= 15 is 0 Å². The van der Waals surface area contributed by atoms with E-state index in [9.17, 15) is 5.26 Å². The quantitative estimate of drug-likeness (QED) is 0.585. The van der Waals surface area contributed by atoms with Crippen molar-refractivity contribution in [2.45, 2.75) is 53.9 Å². The Morgan fingerprint density at radius 3 is 2.38 bits per heavy atom. The van der Waals surface area contributed by atoms with Crippen LogP contribution in [0.5, 0.6) is 0 Å². The van der Waals surface area contributed by atoms with Gasteiger partial charge in [-0.15, -0.1) is 6.58 Å². The Hall–Kier alpha value is -1.03. The second-order valence-electron chi connectivity index (χ2n) is 5.42. The molecule has 0 rings (SSSR count). The van der Waals surface area contributed by atoms with Crippen LogP contribution in [0.1, 0.15) is 53.9 Å². The summed E-state index contributed by atoms with van der Waals surface area (Å²) >= 11 is 0. The Morgan fingerprint density at radius 1 is 1.44 bits per heavy atom. The van der Waals surface area contributed by atoms with E-state index in [1.807, 2.05) is 6.92 Å². The van der Waals surface area contributed by atoms with Crippen molar-refractivity contribution in [2.75, 3.05) is 0 Å². The van der Waals surface area contributed by atoms with Crippen LogP contribution in [0.2, 0.25) is 0 Å². The summed E-state index contributed by atoms with van der Waals surface area (Å²) in [5.41, 5.74) is 2.19. The zero-order valence-corrected chi connectivity index (χ0v) is 11.4. The van der Waals surface area contributed by atoms with Crippen LogP contribution in [-0.4, -0.2) is 0 Å². The Bertz CT molecular complexity index is 302. The minimum atomic E-state index is -0.263. The Labute approximate surface area is 101 Å². The van der Waals surface area contributed by atoms with Gasteiger partial charge >= 0.3 is 0 Å². The minimum absolute atomic E-state index is 0.263. The van der Waals surface area contributed by atoms with Gasteiger partial charge in [0.1, 0.15) is 0 Å². The molecule has 0 bridgehead atoms. The first-order chi connectivity index (χ1) is 7.31. The Kier molecular flexibility index (Phi) is 6.11. The van der Waals surface area contributed by atoms with Gasteiger partial charge in [-0.05, 0) is 52.9 Å². The highest BCUT2D eigenvalue weighted by Crippen LogP contribution is 2.35. The number of allylic oxidation sites excluding steroid dienone is 3. The third kappa shape index (κ3) is 5.16. The zero-order chi connectivity index (χ0) is 12.8. The Balaban J connectivity index is 4.42. The first-order valence-corrected chi connectivity index (χ1v) is 6.01. The fraction of sp³-hybridized carbons (Fsp3) is 0.667. The van der Waals surface area contributed by atoms with Gasteiger partial charge in [0.15, 0.2) is 0 Å². The molecule has 0 aromatic heterocycles. The highest BCUT2D eigenvalue weighted by atomic mass is 14.4. The molecule has 0 aromatic rings. The summed E-state index contributed by atoms with van der Waals surface area (Å²) in [6.45, 7) is 14.4. The Morgan fingerprint density at radius 2 is 2.00 bits per heavy atom. The average Bonchev–Trinajstić information content (AvgIpc) is 2.15. The van der Waals surface area contributed by atoms with Crippen molar-refractivity contribution in [3.8, 4) is 6.07 Å². The molecule has 2 unspecified atom stereocenters. The highest BCUT2D eigenvalue weighted by Gasteiger charge is 2.30. The molecule has 0 N–H and O–H groups in total. The topological polar surface area (TPSA) is 23.8 Å². The molecule has 0 heterocycles. The summed E-state index contributed by atoms with van der Waals surface area (Å²) in [4.78, 5) is 0. The maximum absolute atomic E-state index is 9.31. The van der Waals surface area contributed by atoms with E-state index in [1.54, 1.807) is 0 Å². The first kappa shape index (κ1) is 15.0. The molecular formula is C15H25N. The van der Waals surface area contributed by atoms with Crippen LogP contribution in [-0.2, 0) is 0 Å². The van der Waals surface area contributed by atoms with Gasteiger partial charge in [0.05, 0.1) is 11.5 Å². The highest BCUT2D eigenvalue weighted by molar-refractivity contribution is 5.07. The normalized spacial score (nSPS) is 15.8. The molecule has 2 atom stereocenters. The standard InChI is InChI=1S/C15H25N/c1-12(2)8-7-9-14(5)15(6,11-16)10-13(3)4/h8,14H,3,7,9-10H2,1-2,4-6H3. The first-order valence-electron chi connectivity index (χ1n) is 6.01. The van der Waals surface area contributed by atoms with E-state index in [0.29, 0.717) is 5.92 Å². The molecule has 0 amide bonds. The van der Waals surface area contributed by atoms with Crippen molar-refractivity contribution in [3.05, 3.63) is 23.8 Å². The number of hydrogen-bond donors (Lipinski definition) is 0.